The van der Waals surface area contributed by atoms with E-state index in [1.165, 1.54) is 0 Å². The van der Waals surface area contributed by atoms with E-state index in [4.69, 9.17) is 9.26 Å². The summed E-state index contributed by atoms with van der Waals surface area (Å²) in [5, 5.41) is 11.7. The molecule has 16 heavy (non-hydrogen) atoms. The first-order valence-corrected chi connectivity index (χ1v) is 5.01. The predicted molar refractivity (Wildman–Crippen MR) is 57.1 cm³/mol. The minimum atomic E-state index is 0.317. The maximum atomic E-state index is 5.43. The Morgan fingerprint density at radius 2 is 2.00 bits per heavy atom. The third kappa shape index (κ3) is 2.36. The molecule has 0 aliphatic carbocycles. The molecule has 2 heterocycles. The monoisotopic (exact) mass is 219 g/mol. The topological polar surface area (TPSA) is 61.0 Å². The molecule has 0 atom stereocenters. The lowest BCUT2D eigenvalue weighted by atomic mass is 10.2. The predicted octanol–water partition coefficient (Wildman–Crippen LogP) is 1.97. The van der Waals surface area contributed by atoms with Crippen molar-refractivity contribution < 1.29 is 9.26 Å². The van der Waals surface area contributed by atoms with Gasteiger partial charge in [-0.2, -0.15) is 5.10 Å². The molecule has 84 valence electrons. The smallest absolute Gasteiger partial charge is 0.234 e. The molecule has 0 N–H and O–H groups in total. The molecule has 0 aromatic carbocycles. The zero-order valence-corrected chi connectivity index (χ0v) is 9.52. The fraction of sp³-hybridized carbons (Fsp3) is 0.364. The number of nitrogens with zero attached hydrogens (tertiary/aromatic N) is 3. The zero-order chi connectivity index (χ0) is 11.5. The van der Waals surface area contributed by atoms with Gasteiger partial charge < -0.3 is 9.26 Å². The van der Waals surface area contributed by atoms with Crippen molar-refractivity contribution in [3.05, 3.63) is 34.8 Å². The molecule has 0 saturated heterocycles. The summed E-state index contributed by atoms with van der Waals surface area (Å²) < 4.78 is 10.5. The molecule has 0 saturated carbocycles. The highest BCUT2D eigenvalue weighted by atomic mass is 16.5. The Balaban J connectivity index is 2.02. The Morgan fingerprint density at radius 3 is 2.62 bits per heavy atom. The van der Waals surface area contributed by atoms with Gasteiger partial charge in [-0.15, -0.1) is 5.10 Å². The second-order valence-corrected chi connectivity index (χ2v) is 3.67. The van der Waals surface area contributed by atoms with E-state index in [-0.39, 0.29) is 0 Å². The normalized spacial score (nSPS) is 10.4. The second kappa shape index (κ2) is 4.30. The molecule has 2 aromatic heterocycles. The molecular weight excluding hydrogens is 206 g/mol. The lowest BCUT2D eigenvalue weighted by molar-refractivity contribution is 0.238. The van der Waals surface area contributed by atoms with Crippen molar-refractivity contribution in [3.63, 3.8) is 0 Å². The van der Waals surface area contributed by atoms with Crippen LogP contribution in [0.1, 0.15) is 22.7 Å². The van der Waals surface area contributed by atoms with Crippen LogP contribution in [0.15, 0.2) is 16.7 Å². The highest BCUT2D eigenvalue weighted by molar-refractivity contribution is 5.21. The standard InChI is InChI=1S/C11H13N3O2/c1-7-4-11(13-12-9(7)3)15-6-10-5-8(2)14-16-10/h4-5H,6H2,1-3H3. The maximum Gasteiger partial charge on any atom is 0.234 e. The molecule has 0 aliphatic rings. The van der Waals surface area contributed by atoms with Gasteiger partial charge in [0.1, 0.15) is 0 Å². The molecule has 0 unspecified atom stereocenters. The van der Waals surface area contributed by atoms with Crippen molar-refractivity contribution in [1.82, 2.24) is 15.4 Å². The summed E-state index contributed by atoms with van der Waals surface area (Å²) in [7, 11) is 0. The molecule has 5 heteroatoms. The van der Waals surface area contributed by atoms with Crippen molar-refractivity contribution in [2.75, 3.05) is 0 Å². The third-order valence-electron chi connectivity index (χ3n) is 2.25. The Morgan fingerprint density at radius 1 is 1.19 bits per heavy atom. The van der Waals surface area contributed by atoms with Gasteiger partial charge in [-0.25, -0.2) is 0 Å². The highest BCUT2D eigenvalue weighted by Gasteiger charge is 2.04. The molecule has 0 amide bonds. The van der Waals surface area contributed by atoms with E-state index in [0.717, 1.165) is 17.0 Å². The van der Waals surface area contributed by atoms with Crippen LogP contribution < -0.4 is 4.74 Å². The Bertz CT molecular complexity index is 494. The molecule has 0 spiro atoms. The van der Waals surface area contributed by atoms with Gasteiger partial charge in [0.15, 0.2) is 12.4 Å². The van der Waals surface area contributed by atoms with Crippen molar-refractivity contribution >= 4 is 0 Å². The lowest BCUT2D eigenvalue weighted by Crippen LogP contribution is -1.99. The van der Waals surface area contributed by atoms with Gasteiger partial charge in [-0.3, -0.25) is 0 Å². The largest absolute Gasteiger partial charge is 0.468 e. The SMILES string of the molecule is Cc1cc(COc2cc(C)c(C)nn2)on1. The van der Waals surface area contributed by atoms with Crippen LogP contribution in [0.5, 0.6) is 5.88 Å². The number of hydrogen-bond acceptors (Lipinski definition) is 5. The van der Waals surface area contributed by atoms with Crippen molar-refractivity contribution in [3.8, 4) is 5.88 Å². The molecule has 0 fully saturated rings. The summed E-state index contributed by atoms with van der Waals surface area (Å²) in [5.41, 5.74) is 2.80. The van der Waals surface area contributed by atoms with Crippen molar-refractivity contribution in [2.45, 2.75) is 27.4 Å². The summed E-state index contributed by atoms with van der Waals surface area (Å²) in [6, 6.07) is 3.68. The molecule has 2 rings (SSSR count). The second-order valence-electron chi connectivity index (χ2n) is 3.67. The summed E-state index contributed by atoms with van der Waals surface area (Å²) >= 11 is 0. The zero-order valence-electron chi connectivity index (χ0n) is 9.52. The summed E-state index contributed by atoms with van der Waals surface area (Å²) in [6.07, 6.45) is 0. The van der Waals surface area contributed by atoms with E-state index in [1.807, 2.05) is 32.9 Å². The van der Waals surface area contributed by atoms with Crippen LogP contribution in [0.25, 0.3) is 0 Å². The summed E-state index contributed by atoms with van der Waals surface area (Å²) in [6.45, 7) is 6.06. The van der Waals surface area contributed by atoms with Gasteiger partial charge in [0.2, 0.25) is 5.88 Å². The van der Waals surface area contributed by atoms with Gasteiger partial charge in [-0.05, 0) is 26.3 Å². The quantitative estimate of drug-likeness (QED) is 0.789. The first-order valence-electron chi connectivity index (χ1n) is 5.01. The first kappa shape index (κ1) is 10.6. The van der Waals surface area contributed by atoms with Crippen LogP contribution in [0.4, 0.5) is 0 Å². The lowest BCUT2D eigenvalue weighted by Gasteiger charge is -2.03. The van der Waals surface area contributed by atoms with Gasteiger partial charge in [0.05, 0.1) is 11.4 Å². The van der Waals surface area contributed by atoms with Crippen LogP contribution in [0, 0.1) is 20.8 Å². The molecule has 2 aromatic rings. The van der Waals surface area contributed by atoms with Gasteiger partial charge in [-0.1, -0.05) is 5.16 Å². The highest BCUT2D eigenvalue weighted by Crippen LogP contribution is 2.12. The van der Waals surface area contributed by atoms with Crippen LogP contribution in [-0.4, -0.2) is 15.4 Å². The van der Waals surface area contributed by atoms with Gasteiger partial charge in [0.25, 0.3) is 0 Å². The number of aromatic nitrogens is 3. The van der Waals surface area contributed by atoms with Crippen LogP contribution >= 0.6 is 0 Å². The molecule has 0 radical (unpaired) electrons. The maximum absolute atomic E-state index is 5.43. The van der Waals surface area contributed by atoms with E-state index in [1.54, 1.807) is 0 Å². The first-order chi connectivity index (χ1) is 7.65. The molecular formula is C11H13N3O2. The number of ether oxygens (including phenoxy) is 1. The number of aryl methyl sites for hydroxylation is 3. The van der Waals surface area contributed by atoms with E-state index >= 15 is 0 Å². The van der Waals surface area contributed by atoms with Crippen LogP contribution in [-0.2, 0) is 6.61 Å². The van der Waals surface area contributed by atoms with E-state index in [9.17, 15) is 0 Å². The summed E-state index contributed by atoms with van der Waals surface area (Å²) in [4.78, 5) is 0. The fourth-order valence-corrected chi connectivity index (χ4v) is 1.22. The van der Waals surface area contributed by atoms with Crippen molar-refractivity contribution in [2.24, 2.45) is 0 Å². The molecule has 0 bridgehead atoms. The minimum absolute atomic E-state index is 0.317. The Hall–Kier alpha value is -1.91. The van der Waals surface area contributed by atoms with Crippen molar-refractivity contribution in [1.29, 1.82) is 0 Å². The van der Waals surface area contributed by atoms with Crippen LogP contribution in [0.3, 0.4) is 0 Å². The number of rotatable bonds is 3. The third-order valence-corrected chi connectivity index (χ3v) is 2.25. The van der Waals surface area contributed by atoms with Crippen LogP contribution in [0.2, 0.25) is 0 Å². The Kier molecular flexibility index (Phi) is 2.85. The molecule has 5 nitrogen and oxygen atoms in total. The van der Waals surface area contributed by atoms with E-state index < -0.39 is 0 Å². The fourth-order valence-electron chi connectivity index (χ4n) is 1.22. The van der Waals surface area contributed by atoms with Gasteiger partial charge in [0, 0.05) is 12.1 Å². The van der Waals surface area contributed by atoms with E-state index in [2.05, 4.69) is 15.4 Å². The van der Waals surface area contributed by atoms with E-state index in [0.29, 0.717) is 18.2 Å². The average Bonchev–Trinajstić information content (AvgIpc) is 2.66. The molecule has 0 aliphatic heterocycles. The minimum Gasteiger partial charge on any atom is -0.468 e. The van der Waals surface area contributed by atoms with Gasteiger partial charge >= 0.3 is 0 Å². The average molecular weight is 219 g/mol. The Labute approximate surface area is 93.4 Å². The number of hydrogen-bond donors (Lipinski definition) is 0. The summed E-state index contributed by atoms with van der Waals surface area (Å²) in [5.74, 6) is 1.18.